The van der Waals surface area contributed by atoms with Crippen LogP contribution in [0.15, 0.2) is 54.6 Å². The molecular formula is C24H31N3O2. The molecule has 2 aromatic rings. The second-order valence-electron chi connectivity index (χ2n) is 8.14. The van der Waals surface area contributed by atoms with Gasteiger partial charge in [-0.15, -0.1) is 0 Å². The lowest BCUT2D eigenvalue weighted by molar-refractivity contribution is -0.120. The average molecular weight is 394 g/mol. The molecule has 154 valence electrons. The van der Waals surface area contributed by atoms with E-state index in [-0.39, 0.29) is 5.91 Å². The Morgan fingerprint density at radius 2 is 1.55 bits per heavy atom. The molecule has 0 atom stereocenters. The van der Waals surface area contributed by atoms with E-state index in [0.717, 1.165) is 50.4 Å². The maximum atomic E-state index is 13.3. The van der Waals surface area contributed by atoms with Gasteiger partial charge in [0.15, 0.2) is 0 Å². The van der Waals surface area contributed by atoms with Crippen molar-refractivity contribution in [3.63, 3.8) is 0 Å². The van der Waals surface area contributed by atoms with Gasteiger partial charge in [0.05, 0.1) is 12.2 Å². The van der Waals surface area contributed by atoms with Crippen LogP contribution in [0, 0.1) is 0 Å². The first-order valence-electron chi connectivity index (χ1n) is 10.8. The van der Waals surface area contributed by atoms with E-state index in [2.05, 4.69) is 26.8 Å². The predicted octanol–water partition coefficient (Wildman–Crippen LogP) is 3.88. The topological polar surface area (TPSA) is 47.0 Å². The Hall–Kier alpha value is -2.53. The van der Waals surface area contributed by atoms with Crippen molar-refractivity contribution in [1.82, 2.24) is 4.90 Å². The molecule has 2 fully saturated rings. The third-order valence-corrected chi connectivity index (χ3v) is 6.20. The highest BCUT2D eigenvalue weighted by molar-refractivity contribution is 5.95. The summed E-state index contributed by atoms with van der Waals surface area (Å²) in [4.78, 5) is 19.9. The van der Waals surface area contributed by atoms with Gasteiger partial charge in [-0.3, -0.25) is 9.69 Å². The summed E-state index contributed by atoms with van der Waals surface area (Å²) in [5, 5.41) is 10.1. The van der Waals surface area contributed by atoms with Crippen molar-refractivity contribution in [2.75, 3.05) is 42.5 Å². The van der Waals surface area contributed by atoms with E-state index in [1.807, 2.05) is 36.4 Å². The van der Waals surface area contributed by atoms with E-state index in [4.69, 9.17) is 0 Å². The molecule has 0 radical (unpaired) electrons. The van der Waals surface area contributed by atoms with Crippen LogP contribution in [-0.4, -0.2) is 54.7 Å². The molecule has 0 aromatic heterocycles. The molecule has 0 bridgehead atoms. The molecule has 1 saturated carbocycles. The Morgan fingerprint density at radius 1 is 0.897 bits per heavy atom. The third kappa shape index (κ3) is 4.73. The summed E-state index contributed by atoms with van der Waals surface area (Å²) >= 11 is 0. The molecule has 1 aliphatic carbocycles. The minimum absolute atomic E-state index is 0.208. The Kier molecular flexibility index (Phi) is 6.35. The van der Waals surface area contributed by atoms with Crippen LogP contribution in [0.1, 0.15) is 32.1 Å². The molecule has 1 N–H and O–H groups in total. The number of hydrogen-bond acceptors (Lipinski definition) is 4. The fourth-order valence-electron chi connectivity index (χ4n) is 4.63. The standard InChI is InChI=1S/C24H31N3O2/c28-23-14-8-7-13-22(23)26-17-15-25(16-18-26)19-24(29)27(20-9-3-1-4-10-20)21-11-5-2-6-12-21/h1,3-4,7-10,13-14,21,28H,2,5-6,11-12,15-19H2. The van der Waals surface area contributed by atoms with Crippen LogP contribution in [0.25, 0.3) is 0 Å². The smallest absolute Gasteiger partial charge is 0.241 e. The van der Waals surface area contributed by atoms with E-state index in [1.54, 1.807) is 6.07 Å². The summed E-state index contributed by atoms with van der Waals surface area (Å²) in [5.74, 6) is 0.531. The summed E-state index contributed by atoms with van der Waals surface area (Å²) in [6.45, 7) is 3.75. The number of aromatic hydroxyl groups is 1. The number of amides is 1. The molecule has 1 amide bonds. The second-order valence-corrected chi connectivity index (χ2v) is 8.14. The van der Waals surface area contributed by atoms with Gasteiger partial charge in [0, 0.05) is 37.9 Å². The number of nitrogens with zero attached hydrogens (tertiary/aromatic N) is 3. The molecule has 1 saturated heterocycles. The normalized spacial score (nSPS) is 18.6. The minimum Gasteiger partial charge on any atom is -0.506 e. The lowest BCUT2D eigenvalue weighted by Gasteiger charge is -2.39. The summed E-state index contributed by atoms with van der Waals surface area (Å²) in [7, 11) is 0. The van der Waals surface area contributed by atoms with Gasteiger partial charge in [-0.05, 0) is 37.1 Å². The van der Waals surface area contributed by atoms with Crippen LogP contribution in [0.4, 0.5) is 11.4 Å². The lowest BCUT2D eigenvalue weighted by Crippen LogP contribution is -2.52. The van der Waals surface area contributed by atoms with Gasteiger partial charge in [-0.2, -0.15) is 0 Å². The van der Waals surface area contributed by atoms with Gasteiger partial charge in [-0.25, -0.2) is 0 Å². The van der Waals surface area contributed by atoms with Gasteiger partial charge in [0.25, 0.3) is 0 Å². The number of phenols is 1. The van der Waals surface area contributed by atoms with Crippen molar-refractivity contribution in [3.05, 3.63) is 54.6 Å². The zero-order valence-corrected chi connectivity index (χ0v) is 17.0. The van der Waals surface area contributed by atoms with Crippen LogP contribution in [-0.2, 0) is 4.79 Å². The largest absolute Gasteiger partial charge is 0.506 e. The van der Waals surface area contributed by atoms with E-state index >= 15 is 0 Å². The molecule has 0 unspecified atom stereocenters. The van der Waals surface area contributed by atoms with Gasteiger partial charge >= 0.3 is 0 Å². The SMILES string of the molecule is O=C(CN1CCN(c2ccccc2O)CC1)N(c1ccccc1)C1CCCCC1. The first-order valence-corrected chi connectivity index (χ1v) is 10.8. The molecule has 2 aromatic carbocycles. The van der Waals surface area contributed by atoms with E-state index in [1.165, 1.54) is 19.3 Å². The first-order chi connectivity index (χ1) is 14.2. The predicted molar refractivity (Wildman–Crippen MR) is 118 cm³/mol. The number of para-hydroxylation sites is 3. The Morgan fingerprint density at radius 3 is 2.24 bits per heavy atom. The van der Waals surface area contributed by atoms with Gasteiger partial charge in [0.1, 0.15) is 5.75 Å². The molecule has 29 heavy (non-hydrogen) atoms. The summed E-state index contributed by atoms with van der Waals surface area (Å²) in [6.07, 6.45) is 5.89. The van der Waals surface area contributed by atoms with Crippen molar-refractivity contribution >= 4 is 17.3 Å². The number of phenolic OH excluding ortho intramolecular Hbond substituents is 1. The van der Waals surface area contributed by atoms with E-state index in [9.17, 15) is 9.90 Å². The van der Waals surface area contributed by atoms with E-state index in [0.29, 0.717) is 18.3 Å². The van der Waals surface area contributed by atoms with E-state index < -0.39 is 0 Å². The van der Waals surface area contributed by atoms with Crippen LogP contribution >= 0.6 is 0 Å². The fourth-order valence-corrected chi connectivity index (χ4v) is 4.63. The first kappa shape index (κ1) is 19.8. The highest BCUT2D eigenvalue weighted by atomic mass is 16.3. The fraction of sp³-hybridized carbons (Fsp3) is 0.458. The van der Waals surface area contributed by atoms with Crippen molar-refractivity contribution in [2.45, 2.75) is 38.1 Å². The lowest BCUT2D eigenvalue weighted by atomic mass is 9.93. The maximum Gasteiger partial charge on any atom is 0.241 e. The molecule has 1 aliphatic heterocycles. The highest BCUT2D eigenvalue weighted by Crippen LogP contribution is 2.29. The van der Waals surface area contributed by atoms with Crippen molar-refractivity contribution in [3.8, 4) is 5.75 Å². The van der Waals surface area contributed by atoms with Crippen LogP contribution in [0.2, 0.25) is 0 Å². The molecular weight excluding hydrogens is 362 g/mol. The van der Waals surface area contributed by atoms with Crippen molar-refractivity contribution < 1.29 is 9.90 Å². The number of anilines is 2. The Bertz CT molecular complexity index is 797. The van der Waals surface area contributed by atoms with Crippen LogP contribution in [0.5, 0.6) is 5.75 Å². The average Bonchev–Trinajstić information content (AvgIpc) is 2.76. The van der Waals surface area contributed by atoms with Crippen molar-refractivity contribution in [1.29, 1.82) is 0 Å². The molecule has 1 heterocycles. The van der Waals surface area contributed by atoms with Gasteiger partial charge in [0.2, 0.25) is 5.91 Å². The minimum atomic E-state index is 0.208. The molecule has 0 spiro atoms. The van der Waals surface area contributed by atoms with Crippen LogP contribution in [0.3, 0.4) is 0 Å². The molecule has 2 aliphatic rings. The monoisotopic (exact) mass is 393 g/mol. The zero-order chi connectivity index (χ0) is 20.1. The Balaban J connectivity index is 1.40. The Labute approximate surface area is 173 Å². The number of piperazine rings is 1. The molecule has 5 nitrogen and oxygen atoms in total. The highest BCUT2D eigenvalue weighted by Gasteiger charge is 2.29. The summed E-state index contributed by atoms with van der Waals surface area (Å²) < 4.78 is 0. The third-order valence-electron chi connectivity index (χ3n) is 6.20. The number of carbonyl (C=O) groups excluding carboxylic acids is 1. The molecule has 5 heteroatoms. The van der Waals surface area contributed by atoms with Gasteiger partial charge in [-0.1, -0.05) is 49.6 Å². The van der Waals surface area contributed by atoms with Crippen molar-refractivity contribution in [2.24, 2.45) is 0 Å². The number of carbonyl (C=O) groups is 1. The summed E-state index contributed by atoms with van der Waals surface area (Å²) in [6, 6.07) is 18.0. The second kappa shape index (κ2) is 9.31. The van der Waals surface area contributed by atoms with Crippen LogP contribution < -0.4 is 9.80 Å². The number of hydrogen-bond donors (Lipinski definition) is 1. The number of rotatable bonds is 5. The summed E-state index contributed by atoms with van der Waals surface area (Å²) in [5.41, 5.74) is 1.91. The molecule has 4 rings (SSSR count). The quantitative estimate of drug-likeness (QED) is 0.837. The number of benzene rings is 2. The zero-order valence-electron chi connectivity index (χ0n) is 17.0. The maximum absolute atomic E-state index is 13.3. The van der Waals surface area contributed by atoms with Gasteiger partial charge < -0.3 is 14.9 Å².